The average Bonchev–Trinajstić information content (AvgIpc) is 3.40. The van der Waals surface area contributed by atoms with Crippen LogP contribution >= 0.6 is 0 Å². The van der Waals surface area contributed by atoms with Crippen molar-refractivity contribution < 1.29 is 13.2 Å². The molecule has 3 aromatic rings. The zero-order chi connectivity index (χ0) is 22.1. The van der Waals surface area contributed by atoms with Crippen LogP contribution in [0.5, 0.6) is 0 Å². The molecule has 0 bridgehead atoms. The van der Waals surface area contributed by atoms with Crippen LogP contribution in [0.15, 0.2) is 65.7 Å². The van der Waals surface area contributed by atoms with E-state index in [9.17, 15) is 13.2 Å². The van der Waals surface area contributed by atoms with Crippen LogP contribution in [0.4, 0.5) is 5.82 Å². The summed E-state index contributed by atoms with van der Waals surface area (Å²) in [4.78, 5) is 21.6. The minimum atomic E-state index is -3.45. The Morgan fingerprint density at radius 3 is 2.22 bits per heavy atom. The molecule has 0 spiro atoms. The Morgan fingerprint density at radius 2 is 1.53 bits per heavy atom. The molecule has 0 N–H and O–H groups in total. The lowest BCUT2D eigenvalue weighted by atomic mass is 10.1. The van der Waals surface area contributed by atoms with E-state index in [0.717, 1.165) is 29.4 Å². The highest BCUT2D eigenvalue weighted by Crippen LogP contribution is 2.23. The van der Waals surface area contributed by atoms with Gasteiger partial charge in [0, 0.05) is 51.0 Å². The molecule has 1 amide bonds. The molecule has 2 aromatic carbocycles. The summed E-state index contributed by atoms with van der Waals surface area (Å²) < 4.78 is 26.9. The van der Waals surface area contributed by atoms with Crippen LogP contribution in [-0.2, 0) is 10.0 Å². The van der Waals surface area contributed by atoms with Gasteiger partial charge >= 0.3 is 0 Å². The van der Waals surface area contributed by atoms with Crippen LogP contribution < -0.4 is 4.90 Å². The molecule has 0 radical (unpaired) electrons. The minimum Gasteiger partial charge on any atom is -0.353 e. The normalized spacial score (nSPS) is 17.8. The lowest BCUT2D eigenvalue weighted by Gasteiger charge is -2.35. The van der Waals surface area contributed by atoms with Gasteiger partial charge in [0.2, 0.25) is 10.0 Å². The van der Waals surface area contributed by atoms with Crippen molar-refractivity contribution >= 4 is 32.5 Å². The third kappa shape index (κ3) is 3.96. The number of nitrogens with zero attached hydrogens (tertiary/aromatic N) is 4. The van der Waals surface area contributed by atoms with Crippen molar-refractivity contribution in [3.63, 3.8) is 0 Å². The molecule has 2 fully saturated rings. The highest BCUT2D eigenvalue weighted by molar-refractivity contribution is 7.89. The number of carbonyl (C=O) groups excluding carboxylic acids is 1. The topological polar surface area (TPSA) is 73.8 Å². The van der Waals surface area contributed by atoms with Gasteiger partial charge in [0.25, 0.3) is 5.91 Å². The fraction of sp³-hybridized carbons (Fsp3) is 0.333. The molecule has 2 aliphatic heterocycles. The zero-order valence-corrected chi connectivity index (χ0v) is 18.7. The number of sulfonamides is 1. The first-order valence-electron chi connectivity index (χ1n) is 11.0. The highest BCUT2D eigenvalue weighted by atomic mass is 32.2. The van der Waals surface area contributed by atoms with Gasteiger partial charge in [0.05, 0.1) is 0 Å². The SMILES string of the molecule is O=C(c1ccc2ccccc2c1)N1CCN(c2ccc(S(=O)(=O)N3CCCC3)cn2)CC1. The predicted octanol–water partition coefficient (Wildman–Crippen LogP) is 2.98. The maximum Gasteiger partial charge on any atom is 0.253 e. The van der Waals surface area contributed by atoms with E-state index in [4.69, 9.17) is 0 Å². The van der Waals surface area contributed by atoms with Gasteiger partial charge in [-0.15, -0.1) is 0 Å². The number of anilines is 1. The number of rotatable bonds is 4. The van der Waals surface area contributed by atoms with Gasteiger partial charge < -0.3 is 9.80 Å². The number of carbonyl (C=O) groups is 1. The molecule has 5 rings (SSSR count). The maximum atomic E-state index is 13.0. The van der Waals surface area contributed by atoms with E-state index >= 15 is 0 Å². The van der Waals surface area contributed by atoms with Crippen molar-refractivity contribution in [2.75, 3.05) is 44.2 Å². The lowest BCUT2D eigenvalue weighted by Crippen LogP contribution is -2.49. The van der Waals surface area contributed by atoms with E-state index in [-0.39, 0.29) is 10.8 Å². The predicted molar refractivity (Wildman–Crippen MR) is 124 cm³/mol. The zero-order valence-electron chi connectivity index (χ0n) is 17.9. The molecule has 1 aromatic heterocycles. The van der Waals surface area contributed by atoms with Crippen LogP contribution in [0.1, 0.15) is 23.2 Å². The number of fused-ring (bicyclic) bond motifs is 1. The molecule has 0 aliphatic carbocycles. The first-order valence-corrected chi connectivity index (χ1v) is 12.5. The summed E-state index contributed by atoms with van der Waals surface area (Å²) in [6.45, 7) is 3.67. The average molecular weight is 451 g/mol. The Labute approximate surface area is 188 Å². The second kappa shape index (κ2) is 8.52. The molecule has 0 unspecified atom stereocenters. The van der Waals surface area contributed by atoms with Crippen molar-refractivity contribution in [3.05, 3.63) is 66.4 Å². The molecule has 32 heavy (non-hydrogen) atoms. The molecule has 8 heteroatoms. The summed E-state index contributed by atoms with van der Waals surface area (Å²) in [6, 6.07) is 17.3. The van der Waals surface area contributed by atoms with E-state index in [2.05, 4.69) is 9.88 Å². The molecule has 0 saturated carbocycles. The largest absolute Gasteiger partial charge is 0.353 e. The van der Waals surface area contributed by atoms with Crippen molar-refractivity contribution in [2.45, 2.75) is 17.7 Å². The van der Waals surface area contributed by atoms with Crippen LogP contribution in [0, 0.1) is 0 Å². The number of aromatic nitrogens is 1. The van der Waals surface area contributed by atoms with Gasteiger partial charge in [-0.1, -0.05) is 30.3 Å². The van der Waals surface area contributed by atoms with Crippen LogP contribution in [0.25, 0.3) is 10.8 Å². The smallest absolute Gasteiger partial charge is 0.253 e. The summed E-state index contributed by atoms with van der Waals surface area (Å²) in [7, 11) is -3.45. The number of amides is 1. The Morgan fingerprint density at radius 1 is 0.812 bits per heavy atom. The van der Waals surface area contributed by atoms with Gasteiger partial charge in [0.15, 0.2) is 0 Å². The molecule has 2 saturated heterocycles. The monoisotopic (exact) mass is 450 g/mol. The van der Waals surface area contributed by atoms with Gasteiger partial charge in [-0.05, 0) is 47.9 Å². The standard InChI is InChI=1S/C24H26N4O3S/c29-24(21-8-7-19-5-1-2-6-20(19)17-21)27-15-13-26(14-16-27)23-10-9-22(18-25-23)32(30,31)28-11-3-4-12-28/h1-2,5-10,17-18H,3-4,11-16H2. The quantitative estimate of drug-likeness (QED) is 0.611. The molecular formula is C24H26N4O3S. The first kappa shape index (κ1) is 20.9. The Kier molecular flexibility index (Phi) is 5.57. The van der Waals surface area contributed by atoms with Crippen LogP contribution in [0.3, 0.4) is 0 Å². The second-order valence-corrected chi connectivity index (χ2v) is 10.2. The van der Waals surface area contributed by atoms with E-state index in [1.807, 2.05) is 47.4 Å². The summed E-state index contributed by atoms with van der Waals surface area (Å²) in [5.41, 5.74) is 0.701. The number of hydrogen-bond donors (Lipinski definition) is 0. The summed E-state index contributed by atoms with van der Waals surface area (Å²) in [5, 5.41) is 2.18. The fourth-order valence-electron chi connectivity index (χ4n) is 4.43. The Hall–Kier alpha value is -2.97. The van der Waals surface area contributed by atoms with Gasteiger partial charge in [-0.3, -0.25) is 4.79 Å². The Bertz CT molecular complexity index is 1230. The van der Waals surface area contributed by atoms with Crippen molar-refractivity contribution in [1.29, 1.82) is 0 Å². The number of hydrogen-bond acceptors (Lipinski definition) is 5. The van der Waals surface area contributed by atoms with Crippen LogP contribution in [0.2, 0.25) is 0 Å². The molecule has 3 heterocycles. The first-order chi connectivity index (χ1) is 15.5. The third-order valence-electron chi connectivity index (χ3n) is 6.31. The molecule has 2 aliphatic rings. The fourth-order valence-corrected chi connectivity index (χ4v) is 5.90. The second-order valence-electron chi connectivity index (χ2n) is 8.30. The highest BCUT2D eigenvalue weighted by Gasteiger charge is 2.28. The van der Waals surface area contributed by atoms with Gasteiger partial charge in [-0.2, -0.15) is 4.31 Å². The van der Waals surface area contributed by atoms with Crippen molar-refractivity contribution in [3.8, 4) is 0 Å². The molecular weight excluding hydrogens is 424 g/mol. The number of benzene rings is 2. The summed E-state index contributed by atoms with van der Waals surface area (Å²) in [5.74, 6) is 0.776. The summed E-state index contributed by atoms with van der Waals surface area (Å²) >= 11 is 0. The van der Waals surface area contributed by atoms with Gasteiger partial charge in [-0.25, -0.2) is 13.4 Å². The Balaban J connectivity index is 1.23. The van der Waals surface area contributed by atoms with Crippen LogP contribution in [-0.4, -0.2) is 67.8 Å². The molecule has 166 valence electrons. The lowest BCUT2D eigenvalue weighted by molar-refractivity contribution is 0.0746. The van der Waals surface area contributed by atoms with E-state index in [0.29, 0.717) is 44.8 Å². The number of pyridine rings is 1. The molecule has 7 nitrogen and oxygen atoms in total. The van der Waals surface area contributed by atoms with E-state index in [1.54, 1.807) is 12.1 Å². The van der Waals surface area contributed by atoms with E-state index in [1.165, 1.54) is 10.5 Å². The maximum absolute atomic E-state index is 13.0. The van der Waals surface area contributed by atoms with E-state index < -0.39 is 10.0 Å². The van der Waals surface area contributed by atoms with Crippen molar-refractivity contribution in [1.82, 2.24) is 14.2 Å². The molecule has 0 atom stereocenters. The van der Waals surface area contributed by atoms with Gasteiger partial charge in [0.1, 0.15) is 10.7 Å². The number of piperazine rings is 1. The summed E-state index contributed by atoms with van der Waals surface area (Å²) in [6.07, 6.45) is 3.27. The van der Waals surface area contributed by atoms with Crippen molar-refractivity contribution in [2.24, 2.45) is 0 Å². The third-order valence-corrected chi connectivity index (χ3v) is 8.19. The minimum absolute atomic E-state index is 0.0374.